The fourth-order valence-electron chi connectivity index (χ4n) is 2.81. The van der Waals surface area contributed by atoms with E-state index < -0.39 is 27.9 Å². The van der Waals surface area contributed by atoms with Crippen LogP contribution in [0.2, 0.25) is 0 Å². The molecule has 0 aromatic heterocycles. The molecule has 2 amide bonds. The Hall–Kier alpha value is -2.71. The first kappa shape index (κ1) is 21.6. The summed E-state index contributed by atoms with van der Waals surface area (Å²) in [6.07, 6.45) is 0.274. The Bertz CT molecular complexity index is 908. The number of hydrogen-bond donors (Lipinski definition) is 2. The molecule has 7 nitrogen and oxygen atoms in total. The predicted octanol–water partition coefficient (Wildman–Crippen LogP) is 1.54. The van der Waals surface area contributed by atoms with Gasteiger partial charge in [-0.2, -0.15) is 4.31 Å². The van der Waals surface area contributed by atoms with Gasteiger partial charge in [0.05, 0.1) is 4.90 Å². The van der Waals surface area contributed by atoms with Crippen LogP contribution in [0.5, 0.6) is 0 Å². The highest BCUT2D eigenvalue weighted by Crippen LogP contribution is 2.16. The number of rotatable bonds is 9. The van der Waals surface area contributed by atoms with Gasteiger partial charge in [-0.05, 0) is 29.8 Å². The molecule has 28 heavy (non-hydrogen) atoms. The van der Waals surface area contributed by atoms with Crippen molar-refractivity contribution in [3.63, 3.8) is 0 Å². The van der Waals surface area contributed by atoms with Crippen molar-refractivity contribution in [3.8, 4) is 0 Å². The number of sulfonamides is 1. The minimum Gasteiger partial charge on any atom is -0.368 e. The zero-order chi connectivity index (χ0) is 20.7. The molecule has 3 N–H and O–H groups in total. The third-order valence-electron chi connectivity index (χ3n) is 4.39. The molecule has 2 rings (SSSR count). The number of nitrogens with zero attached hydrogens (tertiary/aromatic N) is 1. The van der Waals surface area contributed by atoms with Crippen molar-refractivity contribution in [1.82, 2.24) is 9.62 Å². The number of carbonyl (C=O) groups is 2. The van der Waals surface area contributed by atoms with E-state index in [1.54, 1.807) is 13.8 Å². The van der Waals surface area contributed by atoms with Gasteiger partial charge in [-0.15, -0.1) is 0 Å². The van der Waals surface area contributed by atoms with E-state index in [0.717, 1.165) is 5.56 Å². The zero-order valence-corrected chi connectivity index (χ0v) is 16.8. The number of carbonyl (C=O) groups excluding carboxylic acids is 2. The second-order valence-electron chi connectivity index (χ2n) is 6.23. The SMILES string of the molecule is CCN(CC)S(=O)(=O)c1ccc(C(=O)NC(Cc2ccccc2)C(N)=O)cc1. The van der Waals surface area contributed by atoms with Gasteiger partial charge in [0.2, 0.25) is 15.9 Å². The van der Waals surface area contributed by atoms with Gasteiger partial charge in [0.25, 0.3) is 5.91 Å². The monoisotopic (exact) mass is 403 g/mol. The Balaban J connectivity index is 2.14. The lowest BCUT2D eigenvalue weighted by atomic mass is 10.0. The molecule has 0 bridgehead atoms. The highest BCUT2D eigenvalue weighted by molar-refractivity contribution is 7.89. The fourth-order valence-corrected chi connectivity index (χ4v) is 4.26. The minimum absolute atomic E-state index is 0.114. The lowest BCUT2D eigenvalue weighted by Crippen LogP contribution is -2.45. The normalized spacial score (nSPS) is 12.5. The van der Waals surface area contributed by atoms with Gasteiger partial charge in [0, 0.05) is 25.1 Å². The largest absolute Gasteiger partial charge is 0.368 e. The average molecular weight is 404 g/mol. The van der Waals surface area contributed by atoms with Gasteiger partial charge in [-0.3, -0.25) is 9.59 Å². The summed E-state index contributed by atoms with van der Waals surface area (Å²) in [4.78, 5) is 24.3. The molecule has 1 unspecified atom stereocenters. The van der Waals surface area contributed by atoms with Crippen molar-refractivity contribution in [3.05, 3.63) is 65.7 Å². The van der Waals surface area contributed by atoms with E-state index in [1.165, 1.54) is 28.6 Å². The summed E-state index contributed by atoms with van der Waals surface area (Å²) < 4.78 is 26.4. The summed E-state index contributed by atoms with van der Waals surface area (Å²) in [6, 6.07) is 14.0. The third kappa shape index (κ3) is 5.17. The van der Waals surface area contributed by atoms with Crippen LogP contribution in [0, 0.1) is 0 Å². The quantitative estimate of drug-likeness (QED) is 0.662. The minimum atomic E-state index is -3.59. The molecule has 2 aromatic carbocycles. The van der Waals surface area contributed by atoms with Crippen LogP contribution in [0.1, 0.15) is 29.8 Å². The van der Waals surface area contributed by atoms with Crippen molar-refractivity contribution >= 4 is 21.8 Å². The smallest absolute Gasteiger partial charge is 0.251 e. The van der Waals surface area contributed by atoms with Crippen LogP contribution in [0.4, 0.5) is 0 Å². The molecule has 0 saturated carbocycles. The van der Waals surface area contributed by atoms with Gasteiger partial charge in [0.1, 0.15) is 6.04 Å². The molecule has 0 fully saturated rings. The zero-order valence-electron chi connectivity index (χ0n) is 16.0. The average Bonchev–Trinajstić information content (AvgIpc) is 2.69. The second-order valence-corrected chi connectivity index (χ2v) is 8.17. The Labute approximate surface area is 165 Å². The van der Waals surface area contributed by atoms with Crippen molar-refractivity contribution in [2.75, 3.05) is 13.1 Å². The molecule has 8 heteroatoms. The van der Waals surface area contributed by atoms with Crippen LogP contribution < -0.4 is 11.1 Å². The summed E-state index contributed by atoms with van der Waals surface area (Å²) in [5.74, 6) is -1.13. The predicted molar refractivity (Wildman–Crippen MR) is 107 cm³/mol. The number of benzene rings is 2. The van der Waals surface area contributed by atoms with Crippen molar-refractivity contribution < 1.29 is 18.0 Å². The standard InChI is InChI=1S/C20H25N3O4S/c1-3-23(4-2)28(26,27)17-12-10-16(11-13-17)20(25)22-18(19(21)24)14-15-8-6-5-7-9-15/h5-13,18H,3-4,14H2,1-2H3,(H2,21,24)(H,22,25). The van der Waals surface area contributed by atoms with Crippen LogP contribution >= 0.6 is 0 Å². The number of amides is 2. The molecule has 1 atom stereocenters. The molecular weight excluding hydrogens is 378 g/mol. The topological polar surface area (TPSA) is 110 Å². The van der Waals surface area contributed by atoms with E-state index in [2.05, 4.69) is 5.32 Å². The number of hydrogen-bond acceptors (Lipinski definition) is 4. The van der Waals surface area contributed by atoms with Crippen molar-refractivity contribution in [2.45, 2.75) is 31.2 Å². The highest BCUT2D eigenvalue weighted by Gasteiger charge is 2.23. The molecule has 0 heterocycles. The van der Waals surface area contributed by atoms with Crippen LogP contribution in [0.3, 0.4) is 0 Å². The van der Waals surface area contributed by atoms with E-state index >= 15 is 0 Å². The molecule has 150 valence electrons. The number of primary amides is 1. The third-order valence-corrected chi connectivity index (χ3v) is 6.46. The molecule has 0 spiro atoms. The summed E-state index contributed by atoms with van der Waals surface area (Å²) in [5, 5.41) is 2.61. The van der Waals surface area contributed by atoms with Gasteiger partial charge >= 0.3 is 0 Å². The number of nitrogens with one attached hydrogen (secondary N) is 1. The van der Waals surface area contributed by atoms with Gasteiger partial charge in [-0.25, -0.2) is 8.42 Å². The maximum atomic E-state index is 12.5. The van der Waals surface area contributed by atoms with Crippen molar-refractivity contribution in [1.29, 1.82) is 0 Å². The fraction of sp³-hybridized carbons (Fsp3) is 0.300. The van der Waals surface area contributed by atoms with Crippen LogP contribution in [0.15, 0.2) is 59.5 Å². The number of nitrogens with two attached hydrogens (primary N) is 1. The van der Waals surface area contributed by atoms with E-state index in [-0.39, 0.29) is 16.9 Å². The van der Waals surface area contributed by atoms with Gasteiger partial charge < -0.3 is 11.1 Å². The maximum absolute atomic E-state index is 12.5. The molecule has 0 saturated heterocycles. The van der Waals surface area contributed by atoms with Gasteiger partial charge in [0.15, 0.2) is 0 Å². The lowest BCUT2D eigenvalue weighted by Gasteiger charge is -2.19. The van der Waals surface area contributed by atoms with E-state index in [1.807, 2.05) is 30.3 Å². The summed E-state index contributed by atoms with van der Waals surface area (Å²) in [7, 11) is -3.59. The summed E-state index contributed by atoms with van der Waals surface area (Å²) in [6.45, 7) is 4.25. The Morgan fingerprint density at radius 1 is 1.00 bits per heavy atom. The first-order valence-electron chi connectivity index (χ1n) is 9.03. The lowest BCUT2D eigenvalue weighted by molar-refractivity contribution is -0.119. The molecule has 0 aliphatic heterocycles. The second kappa shape index (κ2) is 9.48. The first-order chi connectivity index (χ1) is 13.3. The van der Waals surface area contributed by atoms with E-state index in [9.17, 15) is 18.0 Å². The molecular formula is C20H25N3O4S. The Morgan fingerprint density at radius 2 is 1.57 bits per heavy atom. The van der Waals surface area contributed by atoms with Crippen LogP contribution in [0.25, 0.3) is 0 Å². The van der Waals surface area contributed by atoms with E-state index in [4.69, 9.17) is 5.73 Å². The van der Waals surface area contributed by atoms with E-state index in [0.29, 0.717) is 13.1 Å². The Morgan fingerprint density at radius 3 is 2.07 bits per heavy atom. The molecule has 0 aliphatic rings. The molecule has 0 radical (unpaired) electrons. The Kier molecular flexibility index (Phi) is 7.31. The van der Waals surface area contributed by atoms with Crippen LogP contribution in [-0.2, 0) is 21.2 Å². The van der Waals surface area contributed by atoms with Crippen LogP contribution in [-0.4, -0.2) is 43.7 Å². The van der Waals surface area contributed by atoms with Gasteiger partial charge in [-0.1, -0.05) is 44.2 Å². The highest BCUT2D eigenvalue weighted by atomic mass is 32.2. The van der Waals surface area contributed by atoms with Crippen molar-refractivity contribution in [2.24, 2.45) is 5.73 Å². The molecule has 0 aliphatic carbocycles. The summed E-state index contributed by atoms with van der Waals surface area (Å²) in [5.41, 5.74) is 6.53. The summed E-state index contributed by atoms with van der Waals surface area (Å²) >= 11 is 0. The first-order valence-corrected chi connectivity index (χ1v) is 10.5. The maximum Gasteiger partial charge on any atom is 0.251 e. The molecule has 2 aromatic rings.